The van der Waals surface area contributed by atoms with Crippen LogP contribution in [0.4, 0.5) is 0 Å². The van der Waals surface area contributed by atoms with Crippen LogP contribution in [0.1, 0.15) is 12.5 Å². The molecule has 0 fully saturated rings. The molecule has 2 rings (SSSR count). The molecule has 98 valence electrons. The molecule has 6 heteroatoms. The van der Waals surface area contributed by atoms with E-state index in [4.69, 9.17) is 19.3 Å². The van der Waals surface area contributed by atoms with Crippen LogP contribution in [0.15, 0.2) is 18.2 Å². The van der Waals surface area contributed by atoms with E-state index >= 15 is 0 Å². The number of fused-ring (bicyclic) bond motifs is 1. The quantitative estimate of drug-likeness (QED) is 0.807. The zero-order valence-electron chi connectivity index (χ0n) is 9.88. The summed E-state index contributed by atoms with van der Waals surface area (Å²) in [5.41, 5.74) is -1.06. The number of rotatable bonds is 5. The molecule has 0 amide bonds. The number of ether oxygens (including phenoxy) is 3. The van der Waals surface area contributed by atoms with Crippen molar-refractivity contribution in [1.29, 1.82) is 0 Å². The maximum Gasteiger partial charge on any atom is 0.337 e. The fraction of sp³-hybridized carbons (Fsp3) is 0.417. The van der Waals surface area contributed by atoms with Gasteiger partial charge in [-0.05, 0) is 24.6 Å². The Bertz CT molecular complexity index is 454. The van der Waals surface area contributed by atoms with E-state index in [0.717, 1.165) is 5.56 Å². The molecule has 1 aromatic carbocycles. The average molecular weight is 254 g/mol. The Hall–Kier alpha value is -1.79. The first-order chi connectivity index (χ1) is 8.49. The summed E-state index contributed by atoms with van der Waals surface area (Å²) in [6, 6.07) is 5.32. The minimum absolute atomic E-state index is 0.195. The van der Waals surface area contributed by atoms with Crippen molar-refractivity contribution in [1.82, 2.24) is 0 Å². The fourth-order valence-corrected chi connectivity index (χ4v) is 1.46. The standard InChI is InChI=1S/C12H14O6/c1-12(15,11(13)14)6-16-5-8-2-3-9-10(4-8)18-7-17-9/h2-4,15H,5-7H2,1H3,(H,13,14). The van der Waals surface area contributed by atoms with Gasteiger partial charge in [-0.15, -0.1) is 0 Å². The van der Waals surface area contributed by atoms with Gasteiger partial charge < -0.3 is 24.4 Å². The van der Waals surface area contributed by atoms with Crippen molar-refractivity contribution in [3.63, 3.8) is 0 Å². The highest BCUT2D eigenvalue weighted by Gasteiger charge is 2.30. The van der Waals surface area contributed by atoms with Crippen LogP contribution >= 0.6 is 0 Å². The Morgan fingerprint density at radius 3 is 2.89 bits per heavy atom. The molecule has 1 atom stereocenters. The number of carboxylic acids is 1. The molecule has 0 spiro atoms. The smallest absolute Gasteiger partial charge is 0.337 e. The van der Waals surface area contributed by atoms with Crippen molar-refractivity contribution in [2.24, 2.45) is 0 Å². The van der Waals surface area contributed by atoms with E-state index < -0.39 is 11.6 Å². The fourth-order valence-electron chi connectivity index (χ4n) is 1.46. The first-order valence-electron chi connectivity index (χ1n) is 5.41. The van der Waals surface area contributed by atoms with Gasteiger partial charge in [0.05, 0.1) is 13.2 Å². The minimum Gasteiger partial charge on any atom is -0.479 e. The van der Waals surface area contributed by atoms with Gasteiger partial charge >= 0.3 is 5.97 Å². The van der Waals surface area contributed by atoms with Gasteiger partial charge in [-0.1, -0.05) is 6.07 Å². The van der Waals surface area contributed by atoms with Gasteiger partial charge in [-0.2, -0.15) is 0 Å². The maximum absolute atomic E-state index is 10.7. The van der Waals surface area contributed by atoms with Crippen molar-refractivity contribution >= 4 is 5.97 Å². The molecule has 1 unspecified atom stereocenters. The van der Waals surface area contributed by atoms with Crippen LogP contribution in [0, 0.1) is 0 Å². The highest BCUT2D eigenvalue weighted by atomic mass is 16.7. The molecule has 1 aliphatic rings. The highest BCUT2D eigenvalue weighted by Crippen LogP contribution is 2.32. The molecule has 1 aliphatic heterocycles. The van der Waals surface area contributed by atoms with Crippen molar-refractivity contribution in [3.05, 3.63) is 23.8 Å². The molecule has 1 aromatic rings. The summed E-state index contributed by atoms with van der Waals surface area (Å²) in [6.45, 7) is 1.30. The summed E-state index contributed by atoms with van der Waals surface area (Å²) >= 11 is 0. The normalized spacial score (nSPS) is 16.3. The SMILES string of the molecule is CC(O)(COCc1ccc2c(c1)OCO2)C(=O)O. The van der Waals surface area contributed by atoms with Crippen LogP contribution in [-0.4, -0.2) is 35.2 Å². The minimum atomic E-state index is -1.88. The Morgan fingerprint density at radius 2 is 2.17 bits per heavy atom. The Kier molecular flexibility index (Phi) is 3.40. The third-order valence-electron chi connectivity index (χ3n) is 2.55. The second-order valence-corrected chi connectivity index (χ2v) is 4.26. The molecule has 0 saturated heterocycles. The average Bonchev–Trinajstić information content (AvgIpc) is 2.75. The maximum atomic E-state index is 10.7. The summed E-state index contributed by atoms with van der Waals surface area (Å²) < 4.78 is 15.5. The van der Waals surface area contributed by atoms with E-state index in [9.17, 15) is 9.90 Å². The monoisotopic (exact) mass is 254 g/mol. The van der Waals surface area contributed by atoms with Crippen molar-refractivity contribution in [2.75, 3.05) is 13.4 Å². The summed E-state index contributed by atoms with van der Waals surface area (Å²) in [6.07, 6.45) is 0. The van der Waals surface area contributed by atoms with Crippen LogP contribution in [0.3, 0.4) is 0 Å². The topological polar surface area (TPSA) is 85.2 Å². The Balaban J connectivity index is 1.89. The lowest BCUT2D eigenvalue weighted by Crippen LogP contribution is -2.39. The van der Waals surface area contributed by atoms with Gasteiger partial charge in [0.15, 0.2) is 17.1 Å². The first kappa shape index (κ1) is 12.7. The molecule has 18 heavy (non-hydrogen) atoms. The van der Waals surface area contributed by atoms with Crippen LogP contribution < -0.4 is 9.47 Å². The summed E-state index contributed by atoms with van der Waals surface area (Å²) in [5.74, 6) is 0.00515. The third-order valence-corrected chi connectivity index (χ3v) is 2.55. The molecule has 2 N–H and O–H groups in total. The lowest BCUT2D eigenvalue weighted by atomic mass is 10.1. The summed E-state index contributed by atoms with van der Waals surface area (Å²) in [4.78, 5) is 10.7. The molecular formula is C12H14O6. The van der Waals surface area contributed by atoms with Crippen molar-refractivity contribution in [2.45, 2.75) is 19.1 Å². The predicted molar refractivity (Wildman–Crippen MR) is 60.5 cm³/mol. The van der Waals surface area contributed by atoms with E-state index in [-0.39, 0.29) is 20.0 Å². The van der Waals surface area contributed by atoms with Crippen LogP contribution in [-0.2, 0) is 16.1 Å². The number of aliphatic hydroxyl groups is 1. The van der Waals surface area contributed by atoms with Crippen LogP contribution in [0.2, 0.25) is 0 Å². The van der Waals surface area contributed by atoms with Gasteiger partial charge in [0.2, 0.25) is 6.79 Å². The molecule has 0 saturated carbocycles. The number of benzene rings is 1. The van der Waals surface area contributed by atoms with Gasteiger partial charge in [0, 0.05) is 0 Å². The molecule has 0 aliphatic carbocycles. The van der Waals surface area contributed by atoms with Crippen LogP contribution in [0.5, 0.6) is 11.5 Å². The lowest BCUT2D eigenvalue weighted by Gasteiger charge is -2.17. The number of aliphatic carboxylic acids is 1. The van der Waals surface area contributed by atoms with E-state index in [1.165, 1.54) is 6.92 Å². The third kappa shape index (κ3) is 2.72. The van der Waals surface area contributed by atoms with E-state index in [1.54, 1.807) is 18.2 Å². The second-order valence-electron chi connectivity index (χ2n) is 4.26. The van der Waals surface area contributed by atoms with Gasteiger partial charge in [0.25, 0.3) is 0 Å². The van der Waals surface area contributed by atoms with Gasteiger partial charge in [-0.25, -0.2) is 4.79 Å². The van der Waals surface area contributed by atoms with Crippen molar-refractivity contribution in [3.8, 4) is 11.5 Å². The largest absolute Gasteiger partial charge is 0.479 e. The molecular weight excluding hydrogens is 240 g/mol. The molecule has 0 radical (unpaired) electrons. The molecule has 0 aromatic heterocycles. The first-order valence-corrected chi connectivity index (χ1v) is 5.41. The van der Waals surface area contributed by atoms with E-state index in [1.807, 2.05) is 0 Å². The van der Waals surface area contributed by atoms with Gasteiger partial charge in [-0.3, -0.25) is 0 Å². The number of carboxylic acid groups (broad SMARTS) is 1. The zero-order valence-corrected chi connectivity index (χ0v) is 9.88. The molecule has 0 bridgehead atoms. The van der Waals surface area contributed by atoms with E-state index in [0.29, 0.717) is 11.5 Å². The highest BCUT2D eigenvalue weighted by molar-refractivity contribution is 5.76. The van der Waals surface area contributed by atoms with Gasteiger partial charge in [0.1, 0.15) is 0 Å². The van der Waals surface area contributed by atoms with Crippen LogP contribution in [0.25, 0.3) is 0 Å². The second kappa shape index (κ2) is 4.83. The number of carbonyl (C=O) groups is 1. The summed E-state index contributed by atoms with van der Waals surface area (Å²) in [5, 5.41) is 18.2. The molecule has 1 heterocycles. The number of hydrogen-bond acceptors (Lipinski definition) is 5. The summed E-state index contributed by atoms with van der Waals surface area (Å²) in [7, 11) is 0. The Labute approximate surface area is 104 Å². The Morgan fingerprint density at radius 1 is 1.44 bits per heavy atom. The lowest BCUT2D eigenvalue weighted by molar-refractivity contribution is -0.163. The zero-order chi connectivity index (χ0) is 13.2. The predicted octanol–water partition coefficient (Wildman–Crippen LogP) is 0.768. The van der Waals surface area contributed by atoms with E-state index in [2.05, 4.69) is 0 Å². The van der Waals surface area contributed by atoms with Crippen molar-refractivity contribution < 1.29 is 29.2 Å². The number of hydrogen-bond donors (Lipinski definition) is 2. The molecule has 6 nitrogen and oxygen atoms in total.